The number of carbonyl (C=O) groups is 1. The molecule has 6 heteroatoms. The highest BCUT2D eigenvalue weighted by molar-refractivity contribution is 5.94. The minimum absolute atomic E-state index is 0.138. The molecule has 0 unspecified atom stereocenters. The zero-order valence-corrected chi connectivity index (χ0v) is 19.2. The summed E-state index contributed by atoms with van der Waals surface area (Å²) >= 11 is 0. The predicted octanol–water partition coefficient (Wildman–Crippen LogP) is 4.15. The lowest BCUT2D eigenvalue weighted by Gasteiger charge is -2.47. The Morgan fingerprint density at radius 3 is 2.41 bits per heavy atom. The van der Waals surface area contributed by atoms with Crippen LogP contribution in [0.15, 0.2) is 42.7 Å². The van der Waals surface area contributed by atoms with E-state index >= 15 is 0 Å². The van der Waals surface area contributed by atoms with Crippen molar-refractivity contribution in [2.45, 2.75) is 51.7 Å². The number of piperidine rings is 2. The smallest absolute Gasteiger partial charge is 0.253 e. The molecule has 2 aromatic rings. The van der Waals surface area contributed by atoms with Crippen molar-refractivity contribution >= 4 is 5.91 Å². The number of amides is 1. The summed E-state index contributed by atoms with van der Waals surface area (Å²) in [7, 11) is 0. The summed E-state index contributed by atoms with van der Waals surface area (Å²) in [4.78, 5) is 21.3. The number of nitrogens with zero attached hydrogens (tertiary/aromatic N) is 3. The molecule has 5 rings (SSSR count). The van der Waals surface area contributed by atoms with Crippen molar-refractivity contribution in [3.05, 3.63) is 53.9 Å². The molecule has 2 saturated heterocycles. The van der Waals surface area contributed by atoms with Crippen molar-refractivity contribution in [3.8, 4) is 11.5 Å². The van der Waals surface area contributed by atoms with Crippen LogP contribution in [0.2, 0.25) is 0 Å². The Morgan fingerprint density at radius 2 is 1.69 bits per heavy atom. The molecule has 1 amide bonds. The summed E-state index contributed by atoms with van der Waals surface area (Å²) in [6.45, 7) is 9.49. The third kappa shape index (κ3) is 4.33. The number of pyridine rings is 1. The van der Waals surface area contributed by atoms with Crippen LogP contribution in [-0.2, 0) is 6.54 Å². The van der Waals surface area contributed by atoms with E-state index in [9.17, 15) is 4.79 Å². The molecule has 0 bridgehead atoms. The van der Waals surface area contributed by atoms with Gasteiger partial charge in [-0.3, -0.25) is 14.7 Å². The third-order valence-electron chi connectivity index (χ3n) is 7.36. The summed E-state index contributed by atoms with van der Waals surface area (Å²) in [5.41, 5.74) is 2.06. The summed E-state index contributed by atoms with van der Waals surface area (Å²) in [6, 6.07) is 9.85. The molecule has 170 valence electrons. The van der Waals surface area contributed by atoms with Gasteiger partial charge in [-0.15, -0.1) is 0 Å². The van der Waals surface area contributed by atoms with Crippen LogP contribution in [0.3, 0.4) is 0 Å². The topological polar surface area (TPSA) is 54.9 Å². The fourth-order valence-electron chi connectivity index (χ4n) is 5.29. The summed E-state index contributed by atoms with van der Waals surface area (Å²) in [6.07, 6.45) is 7.98. The Kier molecular flexibility index (Phi) is 5.58. The maximum Gasteiger partial charge on any atom is 0.253 e. The van der Waals surface area contributed by atoms with Crippen LogP contribution < -0.4 is 9.47 Å². The number of benzene rings is 1. The van der Waals surface area contributed by atoms with E-state index in [4.69, 9.17) is 9.47 Å². The molecule has 0 saturated carbocycles. The predicted molar refractivity (Wildman–Crippen MR) is 123 cm³/mol. The highest BCUT2D eigenvalue weighted by Crippen LogP contribution is 2.43. The molecular weight excluding hydrogens is 402 g/mol. The van der Waals surface area contributed by atoms with Gasteiger partial charge >= 0.3 is 0 Å². The lowest BCUT2D eigenvalue weighted by Crippen LogP contribution is -2.48. The SMILES string of the molecule is CC1(C)COc2c(CN3CCC4(CC3)CCN(C(=O)c3ccncc3)CC4)cccc2O1. The van der Waals surface area contributed by atoms with Crippen LogP contribution in [0.25, 0.3) is 0 Å². The van der Waals surface area contributed by atoms with Crippen LogP contribution >= 0.6 is 0 Å². The van der Waals surface area contributed by atoms with Gasteiger partial charge in [0.15, 0.2) is 11.5 Å². The van der Waals surface area contributed by atoms with E-state index in [0.717, 1.165) is 62.6 Å². The monoisotopic (exact) mass is 435 g/mol. The van der Waals surface area contributed by atoms with Gasteiger partial charge in [0.1, 0.15) is 12.2 Å². The molecule has 1 aromatic carbocycles. The van der Waals surface area contributed by atoms with Crippen LogP contribution in [0, 0.1) is 5.41 Å². The van der Waals surface area contributed by atoms with E-state index in [1.807, 2.05) is 23.1 Å². The Bertz CT molecular complexity index is 958. The van der Waals surface area contributed by atoms with Crippen LogP contribution in [0.4, 0.5) is 0 Å². The van der Waals surface area contributed by atoms with Crippen molar-refractivity contribution in [1.82, 2.24) is 14.8 Å². The zero-order chi connectivity index (χ0) is 22.2. The second kappa shape index (κ2) is 8.39. The van der Waals surface area contributed by atoms with Crippen molar-refractivity contribution in [2.24, 2.45) is 5.41 Å². The highest BCUT2D eigenvalue weighted by atomic mass is 16.6. The number of likely N-dealkylation sites (tertiary alicyclic amines) is 2. The number of fused-ring (bicyclic) bond motifs is 1. The third-order valence-corrected chi connectivity index (χ3v) is 7.36. The fraction of sp³-hybridized carbons (Fsp3) is 0.538. The number of para-hydroxylation sites is 1. The number of carbonyl (C=O) groups excluding carboxylic acids is 1. The van der Waals surface area contributed by atoms with Gasteiger partial charge in [-0.1, -0.05) is 12.1 Å². The van der Waals surface area contributed by atoms with Crippen molar-refractivity contribution in [3.63, 3.8) is 0 Å². The van der Waals surface area contributed by atoms with Crippen LogP contribution in [0.5, 0.6) is 11.5 Å². The first-order valence-electron chi connectivity index (χ1n) is 11.8. The lowest BCUT2D eigenvalue weighted by molar-refractivity contribution is 0.0173. The Morgan fingerprint density at radius 1 is 1.00 bits per heavy atom. The molecule has 1 aromatic heterocycles. The molecule has 6 nitrogen and oxygen atoms in total. The highest BCUT2D eigenvalue weighted by Gasteiger charge is 2.39. The number of ether oxygens (including phenoxy) is 2. The Balaban J connectivity index is 1.16. The second-order valence-electron chi connectivity index (χ2n) is 10.2. The molecule has 32 heavy (non-hydrogen) atoms. The van der Waals surface area contributed by atoms with E-state index in [-0.39, 0.29) is 11.5 Å². The molecule has 0 radical (unpaired) electrons. The zero-order valence-electron chi connectivity index (χ0n) is 19.2. The van der Waals surface area contributed by atoms with Gasteiger partial charge in [0, 0.05) is 43.2 Å². The molecule has 0 aliphatic carbocycles. The average Bonchev–Trinajstić information content (AvgIpc) is 2.81. The van der Waals surface area contributed by atoms with E-state index in [1.165, 1.54) is 18.4 Å². The molecule has 3 aliphatic heterocycles. The lowest BCUT2D eigenvalue weighted by atomic mass is 9.71. The summed E-state index contributed by atoms with van der Waals surface area (Å²) < 4.78 is 12.2. The van der Waals surface area contributed by atoms with Crippen LogP contribution in [-0.4, -0.2) is 59.1 Å². The summed E-state index contributed by atoms with van der Waals surface area (Å²) in [5, 5.41) is 0. The normalized spacial score (nSPS) is 22.0. The molecular formula is C26H33N3O3. The molecule has 1 spiro atoms. The summed E-state index contributed by atoms with van der Waals surface area (Å²) in [5.74, 6) is 1.91. The number of hydrogen-bond donors (Lipinski definition) is 0. The maximum absolute atomic E-state index is 12.8. The number of rotatable bonds is 3. The van der Waals surface area contributed by atoms with Gasteiger partial charge in [0.05, 0.1) is 0 Å². The number of aromatic nitrogens is 1. The van der Waals surface area contributed by atoms with Crippen LogP contribution in [0.1, 0.15) is 55.5 Å². The number of hydrogen-bond acceptors (Lipinski definition) is 5. The molecule has 0 N–H and O–H groups in total. The molecule has 4 heterocycles. The van der Waals surface area contributed by atoms with Gasteiger partial charge in [-0.05, 0) is 76.2 Å². The van der Waals surface area contributed by atoms with Crippen molar-refractivity contribution in [2.75, 3.05) is 32.8 Å². The fourth-order valence-corrected chi connectivity index (χ4v) is 5.29. The van der Waals surface area contributed by atoms with Gasteiger partial charge < -0.3 is 14.4 Å². The average molecular weight is 436 g/mol. The minimum atomic E-state index is -0.281. The van der Waals surface area contributed by atoms with Crippen molar-refractivity contribution in [1.29, 1.82) is 0 Å². The first-order valence-corrected chi connectivity index (χ1v) is 11.8. The first-order chi connectivity index (χ1) is 15.4. The van der Waals surface area contributed by atoms with Gasteiger partial charge in [-0.2, -0.15) is 0 Å². The van der Waals surface area contributed by atoms with Gasteiger partial charge in [0.25, 0.3) is 5.91 Å². The Hall–Kier alpha value is -2.60. The molecule has 3 aliphatic rings. The second-order valence-corrected chi connectivity index (χ2v) is 10.2. The van der Waals surface area contributed by atoms with E-state index in [1.54, 1.807) is 12.4 Å². The minimum Gasteiger partial charge on any atom is -0.485 e. The van der Waals surface area contributed by atoms with Gasteiger partial charge in [-0.25, -0.2) is 0 Å². The van der Waals surface area contributed by atoms with E-state index < -0.39 is 0 Å². The largest absolute Gasteiger partial charge is 0.485 e. The van der Waals surface area contributed by atoms with Crippen molar-refractivity contribution < 1.29 is 14.3 Å². The molecule has 0 atom stereocenters. The van der Waals surface area contributed by atoms with E-state index in [2.05, 4.69) is 35.9 Å². The standard InChI is InChI=1S/C26H33N3O3/c1-25(2)19-31-23-21(4-3-5-22(23)32-25)18-28-14-8-26(9-15-28)10-16-29(17-11-26)24(30)20-6-12-27-13-7-20/h3-7,12-13H,8-11,14-19H2,1-2H3. The van der Waals surface area contributed by atoms with E-state index in [0.29, 0.717) is 12.0 Å². The quantitative estimate of drug-likeness (QED) is 0.725. The first kappa shape index (κ1) is 21.3. The van der Waals surface area contributed by atoms with Gasteiger partial charge in [0.2, 0.25) is 0 Å². The molecule has 2 fully saturated rings. The Labute approximate surface area is 190 Å². The maximum atomic E-state index is 12.8.